The molecule has 1 aromatic carbocycles. The van der Waals surface area contributed by atoms with Crippen molar-refractivity contribution in [1.29, 1.82) is 0 Å². The number of benzene rings is 1. The van der Waals surface area contributed by atoms with E-state index in [1.165, 1.54) is 30.6 Å². The molecule has 29 heavy (non-hydrogen) atoms. The quantitative estimate of drug-likeness (QED) is 0.733. The van der Waals surface area contributed by atoms with Crippen LogP contribution in [0.4, 0.5) is 0 Å². The highest BCUT2D eigenvalue weighted by atomic mass is 32.1. The van der Waals surface area contributed by atoms with Gasteiger partial charge >= 0.3 is 5.97 Å². The third-order valence-electron chi connectivity index (χ3n) is 6.04. The lowest BCUT2D eigenvalue weighted by Crippen LogP contribution is -2.59. The molecular weight excluding hydrogens is 388 g/mol. The van der Waals surface area contributed by atoms with Crippen LogP contribution in [-0.4, -0.2) is 61.8 Å². The van der Waals surface area contributed by atoms with E-state index in [0.29, 0.717) is 11.4 Å². The van der Waals surface area contributed by atoms with Crippen LogP contribution >= 0.6 is 11.3 Å². The second-order valence-electron chi connectivity index (χ2n) is 7.89. The summed E-state index contributed by atoms with van der Waals surface area (Å²) in [4.78, 5) is 27.7. The smallest absolute Gasteiger partial charge is 0.348 e. The van der Waals surface area contributed by atoms with Crippen molar-refractivity contribution >= 4 is 33.3 Å². The molecule has 0 radical (unpaired) electrons. The van der Waals surface area contributed by atoms with E-state index in [0.717, 1.165) is 49.2 Å². The average molecular weight is 417 g/mol. The fraction of sp³-hybridized carbons (Fsp3) is 0.545. The Morgan fingerprint density at radius 1 is 1.14 bits per heavy atom. The van der Waals surface area contributed by atoms with Crippen LogP contribution in [-0.2, 0) is 14.3 Å². The number of nitrogens with one attached hydrogen (secondary N) is 1. The van der Waals surface area contributed by atoms with Gasteiger partial charge in [-0.25, -0.2) is 4.79 Å². The van der Waals surface area contributed by atoms with Crippen molar-refractivity contribution in [3.63, 3.8) is 0 Å². The molecule has 4 rings (SSSR count). The number of morpholine rings is 1. The molecule has 1 amide bonds. The fourth-order valence-corrected chi connectivity index (χ4v) is 5.41. The Kier molecular flexibility index (Phi) is 6.47. The van der Waals surface area contributed by atoms with Crippen molar-refractivity contribution in [2.24, 2.45) is 0 Å². The van der Waals surface area contributed by atoms with Gasteiger partial charge in [-0.3, -0.25) is 9.69 Å². The average Bonchev–Trinajstić information content (AvgIpc) is 3.22. The Morgan fingerprint density at radius 3 is 2.66 bits per heavy atom. The van der Waals surface area contributed by atoms with Crippen LogP contribution in [0.1, 0.15) is 41.8 Å². The van der Waals surface area contributed by atoms with Crippen molar-refractivity contribution in [3.05, 3.63) is 35.2 Å². The van der Waals surface area contributed by atoms with Gasteiger partial charge < -0.3 is 14.8 Å². The number of esters is 1. The lowest BCUT2D eigenvalue weighted by Gasteiger charge is -2.48. The minimum absolute atomic E-state index is 0.00712. The monoisotopic (exact) mass is 416 g/mol. The largest absolute Gasteiger partial charge is 0.451 e. The van der Waals surface area contributed by atoms with E-state index in [1.54, 1.807) is 0 Å². The second kappa shape index (κ2) is 9.24. The molecule has 0 unspecified atom stereocenters. The van der Waals surface area contributed by atoms with Gasteiger partial charge in [0.25, 0.3) is 5.91 Å². The van der Waals surface area contributed by atoms with Gasteiger partial charge in [0.2, 0.25) is 0 Å². The van der Waals surface area contributed by atoms with E-state index in [1.807, 2.05) is 30.3 Å². The number of amides is 1. The SMILES string of the molecule is O=C(COC(=O)c1cc2ccccc2s1)NCC1(N2CCOCC2)CCCCC1. The molecule has 1 aliphatic carbocycles. The second-order valence-corrected chi connectivity index (χ2v) is 8.97. The van der Waals surface area contributed by atoms with Crippen LogP contribution in [0.3, 0.4) is 0 Å². The molecule has 0 spiro atoms. The first-order valence-electron chi connectivity index (χ1n) is 10.4. The summed E-state index contributed by atoms with van der Waals surface area (Å²) in [7, 11) is 0. The molecule has 1 aromatic heterocycles. The first-order valence-corrected chi connectivity index (χ1v) is 11.2. The number of hydrogen-bond acceptors (Lipinski definition) is 6. The number of nitrogens with zero attached hydrogens (tertiary/aromatic N) is 1. The lowest BCUT2D eigenvalue weighted by molar-refractivity contribution is -0.125. The fourth-order valence-electron chi connectivity index (χ4n) is 4.45. The molecule has 2 aliphatic rings. The Bertz CT molecular complexity index is 820. The minimum Gasteiger partial charge on any atom is -0.451 e. The standard InChI is InChI=1S/C22H28N2O4S/c25-20(15-28-21(26)19-14-17-6-2-3-7-18(17)29-19)23-16-22(8-4-1-5-9-22)24-10-12-27-13-11-24/h2-3,6-7,14H,1,4-5,8-13,15-16H2,(H,23,25). The third kappa shape index (κ3) is 4.79. The van der Waals surface area contributed by atoms with E-state index in [2.05, 4.69) is 10.2 Å². The van der Waals surface area contributed by atoms with Gasteiger partial charge in [-0.1, -0.05) is 37.5 Å². The molecule has 1 saturated carbocycles. The number of fused-ring (bicyclic) bond motifs is 1. The molecule has 0 bridgehead atoms. The van der Waals surface area contributed by atoms with Gasteiger partial charge in [0, 0.05) is 29.9 Å². The summed E-state index contributed by atoms with van der Waals surface area (Å²) in [5.41, 5.74) is 0.00712. The van der Waals surface area contributed by atoms with Crippen LogP contribution < -0.4 is 5.32 Å². The highest BCUT2D eigenvalue weighted by molar-refractivity contribution is 7.20. The summed E-state index contributed by atoms with van der Waals surface area (Å²) in [6.07, 6.45) is 5.82. The van der Waals surface area contributed by atoms with E-state index in [-0.39, 0.29) is 18.1 Å². The normalized spacial score (nSPS) is 19.7. The number of hydrogen-bond donors (Lipinski definition) is 1. The molecule has 2 aromatic rings. The lowest BCUT2D eigenvalue weighted by atomic mass is 9.79. The molecule has 156 valence electrons. The molecule has 7 heteroatoms. The third-order valence-corrected chi connectivity index (χ3v) is 7.14. The molecule has 0 atom stereocenters. The maximum atomic E-state index is 12.4. The first-order chi connectivity index (χ1) is 14.2. The van der Waals surface area contributed by atoms with Crippen LogP contribution in [0.5, 0.6) is 0 Å². The van der Waals surface area contributed by atoms with Crippen LogP contribution in [0.2, 0.25) is 0 Å². The van der Waals surface area contributed by atoms with Crippen LogP contribution in [0, 0.1) is 0 Å². The Labute approximate surface area is 175 Å². The van der Waals surface area contributed by atoms with Gasteiger partial charge in [-0.2, -0.15) is 0 Å². The number of carbonyl (C=O) groups excluding carboxylic acids is 2. The summed E-state index contributed by atoms with van der Waals surface area (Å²) in [6.45, 7) is 3.69. The predicted octanol–water partition coefficient (Wildman–Crippen LogP) is 3.21. The maximum absolute atomic E-state index is 12.4. The van der Waals surface area contributed by atoms with Crippen molar-refractivity contribution < 1.29 is 19.1 Å². The Morgan fingerprint density at radius 2 is 1.90 bits per heavy atom. The minimum atomic E-state index is -0.443. The van der Waals surface area contributed by atoms with E-state index in [4.69, 9.17) is 9.47 Å². The molecule has 1 aliphatic heterocycles. The van der Waals surface area contributed by atoms with Crippen molar-refractivity contribution in [2.75, 3.05) is 39.5 Å². The van der Waals surface area contributed by atoms with Crippen molar-refractivity contribution in [1.82, 2.24) is 10.2 Å². The highest BCUT2D eigenvalue weighted by Crippen LogP contribution is 2.34. The van der Waals surface area contributed by atoms with Gasteiger partial charge in [-0.05, 0) is 30.4 Å². The topological polar surface area (TPSA) is 67.9 Å². The van der Waals surface area contributed by atoms with E-state index < -0.39 is 5.97 Å². The van der Waals surface area contributed by atoms with Crippen molar-refractivity contribution in [3.8, 4) is 0 Å². The van der Waals surface area contributed by atoms with Crippen LogP contribution in [0.25, 0.3) is 10.1 Å². The molecule has 1 N–H and O–H groups in total. The molecule has 2 fully saturated rings. The number of thiophene rings is 1. The van der Waals surface area contributed by atoms with Gasteiger partial charge in [-0.15, -0.1) is 11.3 Å². The molecule has 1 saturated heterocycles. The zero-order chi connectivity index (χ0) is 20.1. The molecular formula is C22H28N2O4S. The summed E-state index contributed by atoms with van der Waals surface area (Å²) in [5.74, 6) is -0.681. The Balaban J connectivity index is 1.30. The summed E-state index contributed by atoms with van der Waals surface area (Å²) in [5, 5.41) is 4.04. The number of ether oxygens (including phenoxy) is 2. The van der Waals surface area contributed by atoms with E-state index in [9.17, 15) is 9.59 Å². The zero-order valence-electron chi connectivity index (χ0n) is 16.7. The first kappa shape index (κ1) is 20.3. The summed E-state index contributed by atoms with van der Waals surface area (Å²) in [6, 6.07) is 9.63. The zero-order valence-corrected chi connectivity index (χ0v) is 17.5. The van der Waals surface area contributed by atoms with Crippen LogP contribution in [0.15, 0.2) is 30.3 Å². The molecule has 6 nitrogen and oxygen atoms in total. The van der Waals surface area contributed by atoms with Gasteiger partial charge in [0.1, 0.15) is 4.88 Å². The predicted molar refractivity (Wildman–Crippen MR) is 113 cm³/mol. The molecule has 2 heterocycles. The number of rotatable bonds is 6. The summed E-state index contributed by atoms with van der Waals surface area (Å²) < 4.78 is 11.8. The Hall–Kier alpha value is -1.96. The highest BCUT2D eigenvalue weighted by Gasteiger charge is 2.38. The number of carbonyl (C=O) groups is 2. The van der Waals surface area contributed by atoms with Gasteiger partial charge in [0.15, 0.2) is 6.61 Å². The summed E-state index contributed by atoms with van der Waals surface area (Å²) >= 11 is 1.39. The van der Waals surface area contributed by atoms with E-state index >= 15 is 0 Å². The van der Waals surface area contributed by atoms with Gasteiger partial charge in [0.05, 0.1) is 13.2 Å². The maximum Gasteiger partial charge on any atom is 0.348 e. The van der Waals surface area contributed by atoms with Crippen molar-refractivity contribution in [2.45, 2.75) is 37.6 Å².